The summed E-state index contributed by atoms with van der Waals surface area (Å²) in [5, 5.41) is 3.45. The molecule has 0 amide bonds. The van der Waals surface area contributed by atoms with Gasteiger partial charge in [-0.15, -0.1) is 0 Å². The Morgan fingerprint density at radius 3 is 3.23 bits per heavy atom. The summed E-state index contributed by atoms with van der Waals surface area (Å²) in [6.45, 7) is 7.82. The minimum atomic E-state index is 0.691. The molecule has 0 aliphatic carbocycles. The topological polar surface area (TPSA) is 27.6 Å². The molecule has 13 heavy (non-hydrogen) atoms. The molecule has 0 aromatic heterocycles. The van der Waals surface area contributed by atoms with Crippen molar-refractivity contribution in [3.63, 3.8) is 0 Å². The first-order valence-corrected chi connectivity index (χ1v) is 5.42. The maximum atomic E-state index is 4.61. The smallest absolute Gasteiger partial charge is 0.103 e. The third kappa shape index (κ3) is 1.85. The highest BCUT2D eigenvalue weighted by Gasteiger charge is 2.25. The van der Waals surface area contributed by atoms with Crippen molar-refractivity contribution in [1.29, 1.82) is 0 Å². The van der Waals surface area contributed by atoms with E-state index in [1.54, 1.807) is 0 Å². The number of rotatable bonds is 2. The van der Waals surface area contributed by atoms with Crippen molar-refractivity contribution in [3.05, 3.63) is 0 Å². The second-order valence-corrected chi connectivity index (χ2v) is 3.86. The first kappa shape index (κ1) is 9.00. The van der Waals surface area contributed by atoms with Gasteiger partial charge in [0.05, 0.1) is 6.54 Å². The van der Waals surface area contributed by atoms with Crippen molar-refractivity contribution in [2.45, 2.75) is 19.8 Å². The summed E-state index contributed by atoms with van der Waals surface area (Å²) >= 11 is 0. The molecule has 2 rings (SSSR count). The number of likely N-dealkylation sites (N-methyl/N-ethyl adjacent to an activating group) is 1. The van der Waals surface area contributed by atoms with Crippen LogP contribution in [0.3, 0.4) is 0 Å². The number of hydrogen-bond donors (Lipinski definition) is 1. The van der Waals surface area contributed by atoms with Crippen LogP contribution in [-0.4, -0.2) is 43.5 Å². The highest BCUT2D eigenvalue weighted by Crippen LogP contribution is 2.17. The number of nitrogens with zero attached hydrogens (tertiary/aromatic N) is 2. The second-order valence-electron chi connectivity index (χ2n) is 3.86. The monoisotopic (exact) mass is 181 g/mol. The van der Waals surface area contributed by atoms with Gasteiger partial charge in [-0.3, -0.25) is 4.99 Å². The fourth-order valence-electron chi connectivity index (χ4n) is 2.28. The van der Waals surface area contributed by atoms with Gasteiger partial charge in [-0.1, -0.05) is 0 Å². The summed E-state index contributed by atoms with van der Waals surface area (Å²) in [5.41, 5.74) is 0. The van der Waals surface area contributed by atoms with Crippen molar-refractivity contribution in [2.75, 3.05) is 32.7 Å². The van der Waals surface area contributed by atoms with Gasteiger partial charge in [0, 0.05) is 25.6 Å². The number of piperidine rings is 1. The maximum Gasteiger partial charge on any atom is 0.103 e. The average molecular weight is 181 g/mol. The number of aliphatic imine (C=N–C) groups is 1. The molecule has 1 fully saturated rings. The molecule has 0 spiro atoms. The first-order chi connectivity index (χ1) is 6.42. The van der Waals surface area contributed by atoms with Gasteiger partial charge in [0.15, 0.2) is 0 Å². The van der Waals surface area contributed by atoms with Crippen LogP contribution in [0.15, 0.2) is 4.99 Å². The molecule has 0 bridgehead atoms. The Bertz CT molecular complexity index is 194. The number of amidine groups is 1. The van der Waals surface area contributed by atoms with E-state index >= 15 is 0 Å². The number of nitrogens with one attached hydrogen (secondary N) is 1. The van der Waals surface area contributed by atoms with E-state index in [0.717, 1.165) is 26.2 Å². The Morgan fingerprint density at radius 2 is 2.54 bits per heavy atom. The summed E-state index contributed by atoms with van der Waals surface area (Å²) in [7, 11) is 0. The van der Waals surface area contributed by atoms with E-state index in [1.807, 2.05) is 0 Å². The average Bonchev–Trinajstić information content (AvgIpc) is 2.67. The van der Waals surface area contributed by atoms with Crippen molar-refractivity contribution in [2.24, 2.45) is 10.9 Å². The molecule has 3 heteroatoms. The van der Waals surface area contributed by atoms with Gasteiger partial charge in [0.25, 0.3) is 0 Å². The normalized spacial score (nSPS) is 29.2. The molecular formula is C10H19N3. The molecular weight excluding hydrogens is 162 g/mol. The standard InChI is InChI=1S/C10H19N3/c1-2-13-7-6-12-10(13)9-4-3-5-11-8-9/h9,11H,2-8H2,1H3. The minimum Gasteiger partial charge on any atom is -0.359 e. The Balaban J connectivity index is 1.97. The van der Waals surface area contributed by atoms with Crippen molar-refractivity contribution >= 4 is 5.84 Å². The highest BCUT2D eigenvalue weighted by molar-refractivity contribution is 5.86. The van der Waals surface area contributed by atoms with E-state index in [9.17, 15) is 0 Å². The van der Waals surface area contributed by atoms with Crippen LogP contribution in [0.4, 0.5) is 0 Å². The molecule has 0 aromatic carbocycles. The van der Waals surface area contributed by atoms with Crippen molar-refractivity contribution < 1.29 is 0 Å². The molecule has 1 atom stereocenters. The molecule has 2 aliphatic rings. The van der Waals surface area contributed by atoms with E-state index in [-0.39, 0.29) is 0 Å². The fraction of sp³-hybridized carbons (Fsp3) is 0.900. The molecule has 0 aromatic rings. The molecule has 0 saturated carbocycles. The zero-order chi connectivity index (χ0) is 9.10. The maximum absolute atomic E-state index is 4.61. The Labute approximate surface area is 80.2 Å². The third-order valence-electron chi connectivity index (χ3n) is 3.01. The fourth-order valence-corrected chi connectivity index (χ4v) is 2.28. The van der Waals surface area contributed by atoms with E-state index in [4.69, 9.17) is 0 Å². The summed E-state index contributed by atoms with van der Waals surface area (Å²) in [6.07, 6.45) is 2.63. The van der Waals surface area contributed by atoms with Crippen LogP contribution in [0.25, 0.3) is 0 Å². The van der Waals surface area contributed by atoms with Gasteiger partial charge in [-0.2, -0.15) is 0 Å². The van der Waals surface area contributed by atoms with Crippen LogP contribution in [-0.2, 0) is 0 Å². The molecule has 74 valence electrons. The van der Waals surface area contributed by atoms with Gasteiger partial charge >= 0.3 is 0 Å². The first-order valence-electron chi connectivity index (χ1n) is 5.42. The van der Waals surface area contributed by atoms with E-state index in [1.165, 1.54) is 25.2 Å². The molecule has 2 heterocycles. The largest absolute Gasteiger partial charge is 0.359 e. The molecule has 1 saturated heterocycles. The quantitative estimate of drug-likeness (QED) is 0.680. The van der Waals surface area contributed by atoms with Crippen molar-refractivity contribution in [1.82, 2.24) is 10.2 Å². The lowest BCUT2D eigenvalue weighted by Gasteiger charge is -2.28. The lowest BCUT2D eigenvalue weighted by Crippen LogP contribution is -2.41. The van der Waals surface area contributed by atoms with Crippen LogP contribution in [0, 0.1) is 5.92 Å². The minimum absolute atomic E-state index is 0.691. The van der Waals surface area contributed by atoms with Crippen molar-refractivity contribution in [3.8, 4) is 0 Å². The van der Waals surface area contributed by atoms with Crippen LogP contribution in [0.1, 0.15) is 19.8 Å². The summed E-state index contributed by atoms with van der Waals surface area (Å²) in [5.74, 6) is 2.06. The number of hydrogen-bond acceptors (Lipinski definition) is 3. The van der Waals surface area contributed by atoms with Crippen LogP contribution in [0.5, 0.6) is 0 Å². The van der Waals surface area contributed by atoms with Gasteiger partial charge < -0.3 is 10.2 Å². The molecule has 1 N–H and O–H groups in total. The van der Waals surface area contributed by atoms with E-state index in [2.05, 4.69) is 22.1 Å². The zero-order valence-corrected chi connectivity index (χ0v) is 8.42. The van der Waals surface area contributed by atoms with Crippen LogP contribution < -0.4 is 5.32 Å². The summed E-state index contributed by atoms with van der Waals surface area (Å²) in [4.78, 5) is 7.04. The summed E-state index contributed by atoms with van der Waals surface area (Å²) < 4.78 is 0. The Hall–Kier alpha value is -0.570. The predicted molar refractivity (Wildman–Crippen MR) is 55.1 cm³/mol. The lowest BCUT2D eigenvalue weighted by atomic mass is 9.98. The lowest BCUT2D eigenvalue weighted by molar-refractivity contribution is 0.400. The Morgan fingerprint density at radius 1 is 1.62 bits per heavy atom. The second kappa shape index (κ2) is 4.09. The SMILES string of the molecule is CCN1CCN=C1C1CCCNC1. The van der Waals surface area contributed by atoms with Crippen LogP contribution in [0.2, 0.25) is 0 Å². The molecule has 2 aliphatic heterocycles. The Kier molecular flexibility index (Phi) is 2.83. The van der Waals surface area contributed by atoms with Gasteiger partial charge in [0.2, 0.25) is 0 Å². The molecule has 1 unspecified atom stereocenters. The summed E-state index contributed by atoms with van der Waals surface area (Å²) in [6, 6.07) is 0. The van der Waals surface area contributed by atoms with Gasteiger partial charge in [-0.25, -0.2) is 0 Å². The molecule has 3 nitrogen and oxygen atoms in total. The van der Waals surface area contributed by atoms with E-state index < -0.39 is 0 Å². The zero-order valence-electron chi connectivity index (χ0n) is 8.42. The van der Waals surface area contributed by atoms with Gasteiger partial charge in [-0.05, 0) is 26.3 Å². The van der Waals surface area contributed by atoms with Crippen LogP contribution >= 0.6 is 0 Å². The van der Waals surface area contributed by atoms with Gasteiger partial charge in [0.1, 0.15) is 5.84 Å². The van der Waals surface area contributed by atoms with E-state index in [0.29, 0.717) is 5.92 Å². The molecule has 0 radical (unpaired) electrons. The highest BCUT2D eigenvalue weighted by atomic mass is 15.2. The predicted octanol–water partition coefficient (Wildman–Crippen LogP) is 0.720. The third-order valence-corrected chi connectivity index (χ3v) is 3.01.